The second kappa shape index (κ2) is 6.44. The van der Waals surface area contributed by atoms with Gasteiger partial charge in [-0.05, 0) is 43.0 Å². The highest BCUT2D eigenvalue weighted by atomic mass is 32.2. The molecule has 1 aromatic carbocycles. The van der Waals surface area contributed by atoms with Crippen LogP contribution in [-0.2, 0) is 19.6 Å². The van der Waals surface area contributed by atoms with Gasteiger partial charge in [0.1, 0.15) is 10.9 Å². The summed E-state index contributed by atoms with van der Waals surface area (Å²) in [6.07, 6.45) is 0. The zero-order valence-electron chi connectivity index (χ0n) is 12.9. The van der Waals surface area contributed by atoms with E-state index in [2.05, 4.69) is 9.46 Å². The lowest BCUT2D eigenvalue weighted by Gasteiger charge is -2.20. The quantitative estimate of drug-likeness (QED) is 0.631. The maximum Gasteiger partial charge on any atom is 0.324 e. The van der Waals surface area contributed by atoms with Crippen LogP contribution in [0.3, 0.4) is 0 Å². The molecule has 0 heterocycles. The fraction of sp³-hybridized carbons (Fsp3) is 0.500. The standard InChI is InChI=1S/C14H22N2O4S/c1-8(2)13(14(17)20-5)16-21(18,19)12-7-10(4)9(3)6-11(12)15/h6-8,13,16H,15H2,1-5H3. The second-order valence-electron chi connectivity index (χ2n) is 5.34. The van der Waals surface area contributed by atoms with E-state index in [0.717, 1.165) is 11.1 Å². The Kier molecular flexibility index (Phi) is 5.36. The molecule has 0 fully saturated rings. The molecular weight excluding hydrogens is 292 g/mol. The molecule has 1 aromatic rings. The maximum absolute atomic E-state index is 12.5. The van der Waals surface area contributed by atoms with Crippen molar-refractivity contribution in [3.63, 3.8) is 0 Å². The summed E-state index contributed by atoms with van der Waals surface area (Å²) in [5.41, 5.74) is 7.66. The highest BCUT2D eigenvalue weighted by Crippen LogP contribution is 2.23. The molecule has 3 N–H and O–H groups in total. The number of ether oxygens (including phenoxy) is 1. The van der Waals surface area contributed by atoms with Crippen molar-refractivity contribution in [1.29, 1.82) is 0 Å². The minimum absolute atomic E-state index is 0.0276. The number of nitrogen functional groups attached to an aromatic ring is 1. The van der Waals surface area contributed by atoms with E-state index in [1.54, 1.807) is 26.8 Å². The largest absolute Gasteiger partial charge is 0.468 e. The van der Waals surface area contributed by atoms with Crippen molar-refractivity contribution in [2.24, 2.45) is 5.92 Å². The zero-order valence-corrected chi connectivity index (χ0v) is 13.7. The summed E-state index contributed by atoms with van der Waals surface area (Å²) in [4.78, 5) is 11.7. The van der Waals surface area contributed by atoms with Crippen LogP contribution in [0, 0.1) is 19.8 Å². The van der Waals surface area contributed by atoms with Crippen molar-refractivity contribution in [3.05, 3.63) is 23.3 Å². The normalized spacial score (nSPS) is 13.2. The molecule has 0 aliphatic carbocycles. The van der Waals surface area contributed by atoms with E-state index >= 15 is 0 Å². The number of anilines is 1. The molecule has 6 nitrogen and oxygen atoms in total. The first-order chi connectivity index (χ1) is 9.60. The monoisotopic (exact) mass is 314 g/mol. The average molecular weight is 314 g/mol. The molecule has 0 aliphatic heterocycles. The summed E-state index contributed by atoms with van der Waals surface area (Å²) in [5, 5.41) is 0. The van der Waals surface area contributed by atoms with E-state index in [1.165, 1.54) is 13.2 Å². The molecule has 118 valence electrons. The van der Waals surface area contributed by atoms with Crippen LogP contribution in [0.4, 0.5) is 5.69 Å². The summed E-state index contributed by atoms with van der Waals surface area (Å²) in [6.45, 7) is 7.11. The Labute approximate surface area is 125 Å². The number of carbonyl (C=O) groups is 1. The van der Waals surface area contributed by atoms with Crippen LogP contribution in [0.15, 0.2) is 17.0 Å². The lowest BCUT2D eigenvalue weighted by atomic mass is 10.1. The predicted molar refractivity (Wildman–Crippen MR) is 81.3 cm³/mol. The Balaban J connectivity index is 3.23. The number of nitrogens with two attached hydrogens (primary N) is 1. The van der Waals surface area contributed by atoms with E-state index < -0.39 is 22.0 Å². The van der Waals surface area contributed by atoms with Crippen LogP contribution in [-0.4, -0.2) is 27.5 Å². The summed E-state index contributed by atoms with van der Waals surface area (Å²) in [5.74, 6) is -0.879. The molecule has 0 aromatic heterocycles. The molecule has 1 rings (SSSR count). The predicted octanol–water partition coefficient (Wildman–Crippen LogP) is 1.36. The van der Waals surface area contributed by atoms with Crippen LogP contribution in [0.5, 0.6) is 0 Å². The van der Waals surface area contributed by atoms with E-state index in [-0.39, 0.29) is 16.5 Å². The van der Waals surface area contributed by atoms with Crippen LogP contribution < -0.4 is 10.5 Å². The van der Waals surface area contributed by atoms with Crippen molar-refractivity contribution in [1.82, 2.24) is 4.72 Å². The van der Waals surface area contributed by atoms with Crippen molar-refractivity contribution < 1.29 is 17.9 Å². The number of hydrogen-bond acceptors (Lipinski definition) is 5. The van der Waals surface area contributed by atoms with Crippen LogP contribution in [0.25, 0.3) is 0 Å². The third kappa shape index (κ3) is 3.95. The molecule has 0 bridgehead atoms. The number of aryl methyl sites for hydroxylation is 2. The van der Waals surface area contributed by atoms with Crippen LogP contribution in [0.2, 0.25) is 0 Å². The molecule has 0 saturated heterocycles. The van der Waals surface area contributed by atoms with Crippen molar-refractivity contribution in [3.8, 4) is 0 Å². The SMILES string of the molecule is COC(=O)C(NS(=O)(=O)c1cc(C)c(C)cc1N)C(C)C. The minimum atomic E-state index is -3.91. The Bertz CT molecular complexity index is 639. The maximum atomic E-state index is 12.5. The number of nitrogens with one attached hydrogen (secondary N) is 1. The summed E-state index contributed by atoms with van der Waals surface area (Å²) in [7, 11) is -2.69. The van der Waals surface area contributed by atoms with Gasteiger partial charge in [-0.2, -0.15) is 4.72 Å². The van der Waals surface area contributed by atoms with Gasteiger partial charge in [-0.15, -0.1) is 0 Å². The third-order valence-corrected chi connectivity index (χ3v) is 4.82. The third-order valence-electron chi connectivity index (χ3n) is 3.32. The molecule has 21 heavy (non-hydrogen) atoms. The topological polar surface area (TPSA) is 98.5 Å². The van der Waals surface area contributed by atoms with Gasteiger partial charge in [0.2, 0.25) is 10.0 Å². The summed E-state index contributed by atoms with van der Waals surface area (Å²) in [6, 6.07) is 2.15. The molecule has 1 atom stereocenters. The lowest BCUT2D eigenvalue weighted by molar-refractivity contribution is -0.143. The molecule has 0 saturated carbocycles. The van der Waals surface area contributed by atoms with Gasteiger partial charge in [0, 0.05) is 0 Å². The lowest BCUT2D eigenvalue weighted by Crippen LogP contribution is -2.45. The van der Waals surface area contributed by atoms with Gasteiger partial charge in [0.05, 0.1) is 12.8 Å². The average Bonchev–Trinajstić information content (AvgIpc) is 2.38. The number of hydrogen-bond donors (Lipinski definition) is 2. The highest BCUT2D eigenvalue weighted by molar-refractivity contribution is 7.89. The Morgan fingerprint density at radius 3 is 2.24 bits per heavy atom. The highest BCUT2D eigenvalue weighted by Gasteiger charge is 2.30. The van der Waals surface area contributed by atoms with Crippen LogP contribution >= 0.6 is 0 Å². The first-order valence-electron chi connectivity index (χ1n) is 6.57. The number of esters is 1. The van der Waals surface area contributed by atoms with Gasteiger partial charge in [0.15, 0.2) is 0 Å². The van der Waals surface area contributed by atoms with Crippen molar-refractivity contribution in [2.75, 3.05) is 12.8 Å². The molecular formula is C14H22N2O4S. The summed E-state index contributed by atoms with van der Waals surface area (Å²) >= 11 is 0. The first kappa shape index (κ1) is 17.5. The zero-order chi connectivity index (χ0) is 16.4. The van der Waals surface area contributed by atoms with E-state index in [4.69, 9.17) is 5.73 Å². The molecule has 0 amide bonds. The molecule has 0 spiro atoms. The smallest absolute Gasteiger partial charge is 0.324 e. The van der Waals surface area contributed by atoms with Gasteiger partial charge in [-0.1, -0.05) is 13.8 Å². The fourth-order valence-electron chi connectivity index (χ4n) is 1.86. The molecule has 1 unspecified atom stereocenters. The van der Waals surface area contributed by atoms with Gasteiger partial charge in [0.25, 0.3) is 0 Å². The number of benzene rings is 1. The van der Waals surface area contributed by atoms with E-state index in [9.17, 15) is 13.2 Å². The van der Waals surface area contributed by atoms with Gasteiger partial charge >= 0.3 is 5.97 Å². The minimum Gasteiger partial charge on any atom is -0.468 e. The Morgan fingerprint density at radius 1 is 1.24 bits per heavy atom. The molecule has 7 heteroatoms. The number of rotatable bonds is 5. The van der Waals surface area contributed by atoms with E-state index in [0.29, 0.717) is 0 Å². The second-order valence-corrected chi connectivity index (χ2v) is 7.02. The number of methoxy groups -OCH3 is 1. The fourth-order valence-corrected chi connectivity index (χ4v) is 3.39. The molecule has 0 aliphatic rings. The van der Waals surface area contributed by atoms with Crippen molar-refractivity contribution in [2.45, 2.75) is 38.6 Å². The van der Waals surface area contributed by atoms with Crippen molar-refractivity contribution >= 4 is 21.7 Å². The summed E-state index contributed by atoms with van der Waals surface area (Å²) < 4.78 is 31.9. The van der Waals surface area contributed by atoms with E-state index in [1.807, 2.05) is 6.92 Å². The van der Waals surface area contributed by atoms with Gasteiger partial charge < -0.3 is 10.5 Å². The van der Waals surface area contributed by atoms with Gasteiger partial charge in [-0.3, -0.25) is 4.79 Å². The molecule has 0 radical (unpaired) electrons. The van der Waals surface area contributed by atoms with Crippen LogP contribution in [0.1, 0.15) is 25.0 Å². The first-order valence-corrected chi connectivity index (χ1v) is 8.05. The Morgan fingerprint density at radius 2 is 1.76 bits per heavy atom. The number of carbonyl (C=O) groups excluding carboxylic acids is 1. The van der Waals surface area contributed by atoms with Gasteiger partial charge in [-0.25, -0.2) is 8.42 Å². The number of sulfonamides is 1. The Hall–Kier alpha value is -1.60.